The van der Waals surface area contributed by atoms with Gasteiger partial charge >= 0.3 is 0 Å². The van der Waals surface area contributed by atoms with E-state index in [-0.39, 0.29) is 5.75 Å². The molecule has 3 aromatic rings. The second-order valence-corrected chi connectivity index (χ2v) is 6.54. The van der Waals surface area contributed by atoms with E-state index in [0.717, 1.165) is 28.9 Å². The smallest absolute Gasteiger partial charge is 0.243 e. The van der Waals surface area contributed by atoms with Crippen molar-refractivity contribution in [2.75, 3.05) is 32.5 Å². The molecule has 0 amide bonds. The van der Waals surface area contributed by atoms with Crippen LogP contribution in [0.25, 0.3) is 21.3 Å². The summed E-state index contributed by atoms with van der Waals surface area (Å²) in [6.45, 7) is 3.51. The van der Waals surface area contributed by atoms with Gasteiger partial charge in [0.15, 0.2) is 0 Å². The van der Waals surface area contributed by atoms with Crippen LogP contribution in [-0.2, 0) is 0 Å². The van der Waals surface area contributed by atoms with E-state index in [4.69, 9.17) is 0 Å². The van der Waals surface area contributed by atoms with Crippen LogP contribution < -0.4 is 5.32 Å². The largest absolute Gasteiger partial charge is 0.507 e. The number of aromatic hydroxyl groups is 1. The van der Waals surface area contributed by atoms with Crippen LogP contribution in [0.4, 0.5) is 5.95 Å². The van der Waals surface area contributed by atoms with Gasteiger partial charge in [0.05, 0.1) is 5.69 Å². The zero-order valence-corrected chi connectivity index (χ0v) is 14.2. The zero-order valence-electron chi connectivity index (χ0n) is 13.4. The van der Waals surface area contributed by atoms with Gasteiger partial charge in [-0.3, -0.25) is 0 Å². The molecule has 0 aliphatic rings. The number of phenols is 1. The van der Waals surface area contributed by atoms with Crippen molar-refractivity contribution in [3.63, 3.8) is 0 Å². The number of nitrogens with zero attached hydrogens (tertiary/aromatic N) is 4. The third kappa shape index (κ3) is 3.25. The molecule has 6 nitrogen and oxygen atoms in total. The summed E-state index contributed by atoms with van der Waals surface area (Å²) < 4.78 is 1.05. The van der Waals surface area contributed by atoms with Gasteiger partial charge in [-0.25, -0.2) is 4.98 Å². The van der Waals surface area contributed by atoms with Crippen LogP contribution in [0.5, 0.6) is 5.75 Å². The van der Waals surface area contributed by atoms with E-state index in [1.165, 1.54) is 0 Å². The van der Waals surface area contributed by atoms with Crippen molar-refractivity contribution in [2.45, 2.75) is 6.92 Å². The third-order valence-corrected chi connectivity index (χ3v) is 4.45. The van der Waals surface area contributed by atoms with E-state index in [9.17, 15) is 5.11 Å². The highest BCUT2D eigenvalue weighted by atomic mass is 32.1. The molecule has 2 heterocycles. The molecule has 7 heteroatoms. The van der Waals surface area contributed by atoms with E-state index < -0.39 is 0 Å². The number of aromatic nitrogens is 3. The number of benzene rings is 1. The summed E-state index contributed by atoms with van der Waals surface area (Å²) >= 11 is 1.60. The van der Waals surface area contributed by atoms with Gasteiger partial charge in [-0.05, 0) is 44.6 Å². The second kappa shape index (κ2) is 6.47. The molecule has 0 unspecified atom stereocenters. The van der Waals surface area contributed by atoms with Gasteiger partial charge in [0.25, 0.3) is 0 Å². The summed E-state index contributed by atoms with van der Waals surface area (Å²) in [6, 6.07) is 5.76. The van der Waals surface area contributed by atoms with Crippen molar-refractivity contribution >= 4 is 27.4 Å². The molecule has 0 saturated carbocycles. The number of rotatable bonds is 5. The van der Waals surface area contributed by atoms with E-state index in [1.807, 2.05) is 44.6 Å². The molecule has 0 spiro atoms. The first-order chi connectivity index (χ1) is 11.1. The fourth-order valence-corrected chi connectivity index (χ4v) is 3.13. The minimum absolute atomic E-state index is 0.233. The molecule has 2 N–H and O–H groups in total. The molecule has 1 aromatic carbocycles. The van der Waals surface area contributed by atoms with Gasteiger partial charge in [0.1, 0.15) is 11.4 Å². The SMILES string of the molecule is Cc1nc(NCCN(C)C)nnc1-c1ccc2sccc2c1O. The maximum atomic E-state index is 10.5. The summed E-state index contributed by atoms with van der Waals surface area (Å²) in [6.07, 6.45) is 0. The van der Waals surface area contributed by atoms with Crippen molar-refractivity contribution in [3.8, 4) is 17.0 Å². The number of hydrogen-bond donors (Lipinski definition) is 2. The summed E-state index contributed by atoms with van der Waals surface area (Å²) in [7, 11) is 4.02. The van der Waals surface area contributed by atoms with Crippen LogP contribution in [0.3, 0.4) is 0 Å². The van der Waals surface area contributed by atoms with Crippen LogP contribution in [-0.4, -0.2) is 52.4 Å². The molecule has 0 aliphatic heterocycles. The number of fused-ring (bicyclic) bond motifs is 1. The Morgan fingerprint density at radius 1 is 1.22 bits per heavy atom. The fourth-order valence-electron chi connectivity index (χ4n) is 2.34. The lowest BCUT2D eigenvalue weighted by Crippen LogP contribution is -2.21. The Kier molecular flexibility index (Phi) is 4.40. The average molecular weight is 329 g/mol. The lowest BCUT2D eigenvalue weighted by Gasteiger charge is -2.11. The Labute approximate surface area is 138 Å². The van der Waals surface area contributed by atoms with E-state index in [0.29, 0.717) is 17.2 Å². The molecule has 0 fully saturated rings. The maximum Gasteiger partial charge on any atom is 0.243 e. The van der Waals surface area contributed by atoms with Crippen molar-refractivity contribution in [2.24, 2.45) is 0 Å². The molecule has 3 rings (SSSR count). The molecule has 23 heavy (non-hydrogen) atoms. The number of phenolic OH excluding ortho intramolecular Hbond substituents is 1. The zero-order chi connectivity index (χ0) is 16.4. The van der Waals surface area contributed by atoms with Crippen LogP contribution >= 0.6 is 11.3 Å². The lowest BCUT2D eigenvalue weighted by molar-refractivity contribution is 0.424. The second-order valence-electron chi connectivity index (χ2n) is 5.59. The Balaban J connectivity index is 1.88. The lowest BCUT2D eigenvalue weighted by atomic mass is 10.1. The number of thiophene rings is 1. The summed E-state index contributed by atoms with van der Waals surface area (Å²) in [5.41, 5.74) is 2.00. The Morgan fingerprint density at radius 2 is 2.04 bits per heavy atom. The Hall–Kier alpha value is -2.25. The average Bonchev–Trinajstić information content (AvgIpc) is 2.98. The Morgan fingerprint density at radius 3 is 2.78 bits per heavy atom. The van der Waals surface area contributed by atoms with Crippen molar-refractivity contribution in [1.29, 1.82) is 0 Å². The summed E-state index contributed by atoms with van der Waals surface area (Å²) in [5, 5.41) is 24.8. The molecule has 0 saturated heterocycles. The van der Waals surface area contributed by atoms with E-state index in [2.05, 4.69) is 25.4 Å². The molecule has 2 aromatic heterocycles. The first-order valence-electron chi connectivity index (χ1n) is 7.35. The van der Waals surface area contributed by atoms with Gasteiger partial charge in [0.2, 0.25) is 5.95 Å². The van der Waals surface area contributed by atoms with Crippen LogP contribution in [0.15, 0.2) is 23.6 Å². The molecular formula is C16H19N5OS. The third-order valence-electron chi connectivity index (χ3n) is 3.57. The standard InChI is InChI=1S/C16H19N5OS/c1-10-14(19-20-16(18-10)17-7-8-21(2)3)12-4-5-13-11(15(12)22)6-9-23-13/h4-6,9,22H,7-8H2,1-3H3,(H,17,18,20). The molecular weight excluding hydrogens is 310 g/mol. The normalized spacial score (nSPS) is 11.3. The van der Waals surface area contributed by atoms with E-state index in [1.54, 1.807) is 11.3 Å². The number of likely N-dealkylation sites (N-methyl/N-ethyl adjacent to an activating group) is 1. The molecule has 120 valence electrons. The predicted molar refractivity (Wildman–Crippen MR) is 94.1 cm³/mol. The highest BCUT2D eigenvalue weighted by Crippen LogP contribution is 2.37. The van der Waals surface area contributed by atoms with Crippen LogP contribution in [0, 0.1) is 6.92 Å². The number of aryl methyl sites for hydroxylation is 1. The monoisotopic (exact) mass is 329 g/mol. The van der Waals surface area contributed by atoms with Crippen molar-refractivity contribution < 1.29 is 5.11 Å². The number of hydrogen-bond acceptors (Lipinski definition) is 7. The summed E-state index contributed by atoms with van der Waals surface area (Å²) in [5.74, 6) is 0.737. The highest BCUT2D eigenvalue weighted by molar-refractivity contribution is 7.17. The molecule has 0 aliphatic carbocycles. The van der Waals surface area contributed by atoms with Gasteiger partial charge in [-0.15, -0.1) is 21.5 Å². The number of nitrogens with one attached hydrogen (secondary N) is 1. The highest BCUT2D eigenvalue weighted by Gasteiger charge is 2.14. The predicted octanol–water partition coefficient (Wildman–Crippen LogP) is 2.74. The topological polar surface area (TPSA) is 74.2 Å². The Bertz CT molecular complexity index is 830. The minimum atomic E-state index is 0.233. The fraction of sp³-hybridized carbons (Fsp3) is 0.312. The first-order valence-corrected chi connectivity index (χ1v) is 8.23. The van der Waals surface area contributed by atoms with Gasteiger partial charge in [0, 0.05) is 28.7 Å². The summed E-state index contributed by atoms with van der Waals surface area (Å²) in [4.78, 5) is 6.52. The van der Waals surface area contributed by atoms with Crippen LogP contribution in [0.2, 0.25) is 0 Å². The number of anilines is 1. The van der Waals surface area contributed by atoms with Gasteiger partial charge in [-0.2, -0.15) is 0 Å². The van der Waals surface area contributed by atoms with Crippen LogP contribution in [0.1, 0.15) is 5.69 Å². The quantitative estimate of drug-likeness (QED) is 0.750. The molecule has 0 radical (unpaired) electrons. The minimum Gasteiger partial charge on any atom is -0.507 e. The van der Waals surface area contributed by atoms with E-state index >= 15 is 0 Å². The maximum absolute atomic E-state index is 10.5. The van der Waals surface area contributed by atoms with Gasteiger partial charge in [-0.1, -0.05) is 0 Å². The van der Waals surface area contributed by atoms with Crippen molar-refractivity contribution in [3.05, 3.63) is 29.3 Å². The first kappa shape index (κ1) is 15.6. The van der Waals surface area contributed by atoms with Gasteiger partial charge < -0.3 is 15.3 Å². The van der Waals surface area contributed by atoms with Crippen molar-refractivity contribution in [1.82, 2.24) is 20.1 Å². The molecule has 0 atom stereocenters. The molecule has 0 bridgehead atoms.